The summed E-state index contributed by atoms with van der Waals surface area (Å²) in [7, 11) is 0. The fraction of sp³-hybridized carbons (Fsp3) is 0.320. The van der Waals surface area contributed by atoms with Crippen LogP contribution in [-0.4, -0.2) is 63.1 Å². The van der Waals surface area contributed by atoms with Crippen LogP contribution in [0.25, 0.3) is 22.3 Å². The van der Waals surface area contributed by atoms with Gasteiger partial charge in [-0.25, -0.2) is 0 Å². The highest BCUT2D eigenvalue weighted by Gasteiger charge is 2.49. The lowest BCUT2D eigenvalue weighted by Gasteiger charge is -2.41. The fourth-order valence-electron chi connectivity index (χ4n) is 4.02. The van der Waals surface area contributed by atoms with E-state index in [9.17, 15) is 34.8 Å². The zero-order valence-corrected chi connectivity index (χ0v) is 19.9. The number of ether oxygens (including phenoxy) is 4. The molecule has 5 atom stereocenters. The van der Waals surface area contributed by atoms with Crippen molar-refractivity contribution in [1.29, 1.82) is 0 Å². The third-order valence-corrected chi connectivity index (χ3v) is 5.64. The summed E-state index contributed by atoms with van der Waals surface area (Å²) in [5, 5.41) is 40.2. The number of phenols is 3. The SMILES string of the molecule is CC(=O)O[C@@H]1[C@@H](O)[C@H](C)O[C@@H](Oc2c(-c3ccc(O)cc3)oc3cc(O)cc(O)c3c2=O)[C@@H]1OC(C)=O. The summed E-state index contributed by atoms with van der Waals surface area (Å²) in [5.41, 5.74) is -0.769. The number of rotatable bonds is 5. The first kappa shape index (κ1) is 25.8. The Morgan fingerprint density at radius 2 is 1.54 bits per heavy atom. The standard InChI is InChI=1S/C25H24O12/c1-10-19(31)22(34-11(2)26)24(35-12(3)27)25(33-10)37-23-20(32)18-16(30)8-15(29)9-17(18)36-21(23)13-4-6-14(28)7-5-13/h4-10,19,22,24-25,28-31H,1-3H3/t10-,19-,22+,24+,25-/m0/s1. The average Bonchev–Trinajstić information content (AvgIpc) is 2.80. The number of carbonyl (C=O) groups excluding carboxylic acids is 2. The van der Waals surface area contributed by atoms with Crippen LogP contribution in [0, 0.1) is 0 Å². The number of aliphatic hydroxyl groups is 1. The monoisotopic (exact) mass is 516 g/mol. The van der Waals surface area contributed by atoms with E-state index in [1.807, 2.05) is 0 Å². The molecule has 1 saturated heterocycles. The molecule has 3 aromatic rings. The zero-order chi connectivity index (χ0) is 27.0. The van der Waals surface area contributed by atoms with E-state index in [-0.39, 0.29) is 33.8 Å². The van der Waals surface area contributed by atoms with Gasteiger partial charge >= 0.3 is 11.9 Å². The first-order valence-electron chi connectivity index (χ1n) is 11.1. The summed E-state index contributed by atoms with van der Waals surface area (Å²) < 4.78 is 27.9. The Kier molecular flexibility index (Phi) is 6.96. The third-order valence-electron chi connectivity index (χ3n) is 5.64. The van der Waals surface area contributed by atoms with Gasteiger partial charge in [0.15, 0.2) is 11.9 Å². The second-order valence-corrected chi connectivity index (χ2v) is 8.44. The van der Waals surface area contributed by atoms with Crippen molar-refractivity contribution in [1.82, 2.24) is 0 Å². The minimum atomic E-state index is -1.57. The molecule has 0 bridgehead atoms. The maximum absolute atomic E-state index is 13.6. The smallest absolute Gasteiger partial charge is 0.303 e. The topological polar surface area (TPSA) is 182 Å². The van der Waals surface area contributed by atoms with Crippen molar-refractivity contribution in [3.05, 3.63) is 46.6 Å². The van der Waals surface area contributed by atoms with Crippen LogP contribution in [0.3, 0.4) is 0 Å². The Hall–Kier alpha value is -4.29. The van der Waals surface area contributed by atoms with E-state index in [4.69, 9.17) is 23.4 Å². The molecular weight excluding hydrogens is 492 g/mol. The lowest BCUT2D eigenvalue weighted by Crippen LogP contribution is -2.61. The van der Waals surface area contributed by atoms with Crippen molar-refractivity contribution < 1.29 is 53.4 Å². The van der Waals surface area contributed by atoms with Crippen molar-refractivity contribution in [3.63, 3.8) is 0 Å². The minimum Gasteiger partial charge on any atom is -0.508 e. The van der Waals surface area contributed by atoms with Crippen molar-refractivity contribution in [2.45, 2.75) is 51.5 Å². The zero-order valence-electron chi connectivity index (χ0n) is 19.9. The summed E-state index contributed by atoms with van der Waals surface area (Å²) in [6.45, 7) is 3.65. The molecular formula is C25H24O12. The molecule has 1 aliphatic rings. The molecule has 1 aliphatic heterocycles. The highest BCUT2D eigenvalue weighted by atomic mass is 16.7. The number of phenolic OH excluding ortho intramolecular Hbond substituents is 3. The molecule has 4 rings (SSSR count). The van der Waals surface area contributed by atoms with E-state index in [0.29, 0.717) is 0 Å². The van der Waals surface area contributed by atoms with Gasteiger partial charge in [0.2, 0.25) is 23.6 Å². The quantitative estimate of drug-likeness (QED) is 0.362. The Balaban J connectivity index is 1.89. The lowest BCUT2D eigenvalue weighted by atomic mass is 9.99. The summed E-state index contributed by atoms with van der Waals surface area (Å²) in [6.07, 6.45) is -6.85. The number of aromatic hydroxyl groups is 3. The molecule has 1 aromatic heterocycles. The number of esters is 2. The van der Waals surface area contributed by atoms with E-state index in [0.717, 1.165) is 26.0 Å². The highest BCUT2D eigenvalue weighted by molar-refractivity contribution is 5.88. The van der Waals surface area contributed by atoms with E-state index in [1.165, 1.54) is 31.2 Å². The molecule has 2 aromatic carbocycles. The summed E-state index contributed by atoms with van der Waals surface area (Å²) in [4.78, 5) is 37.1. The van der Waals surface area contributed by atoms with Gasteiger partial charge in [0.1, 0.15) is 34.3 Å². The van der Waals surface area contributed by atoms with Crippen LogP contribution in [0.2, 0.25) is 0 Å². The second-order valence-electron chi connectivity index (χ2n) is 8.44. The van der Waals surface area contributed by atoms with Crippen molar-refractivity contribution in [2.24, 2.45) is 0 Å². The van der Waals surface area contributed by atoms with Crippen LogP contribution >= 0.6 is 0 Å². The molecule has 12 nitrogen and oxygen atoms in total. The van der Waals surface area contributed by atoms with Crippen molar-refractivity contribution in [2.75, 3.05) is 0 Å². The fourth-order valence-corrected chi connectivity index (χ4v) is 4.02. The molecule has 0 radical (unpaired) electrons. The van der Waals surface area contributed by atoms with E-state index >= 15 is 0 Å². The van der Waals surface area contributed by atoms with E-state index in [1.54, 1.807) is 0 Å². The van der Waals surface area contributed by atoms with Crippen LogP contribution in [0.1, 0.15) is 20.8 Å². The molecule has 1 fully saturated rings. The predicted molar refractivity (Wildman–Crippen MR) is 125 cm³/mol. The van der Waals surface area contributed by atoms with Crippen LogP contribution < -0.4 is 10.2 Å². The molecule has 0 amide bonds. The maximum Gasteiger partial charge on any atom is 0.303 e. The number of aliphatic hydroxyl groups excluding tert-OH is 1. The number of hydrogen-bond donors (Lipinski definition) is 4. The molecule has 0 spiro atoms. The van der Waals surface area contributed by atoms with Gasteiger partial charge in [-0.3, -0.25) is 14.4 Å². The Morgan fingerprint density at radius 1 is 0.919 bits per heavy atom. The summed E-state index contributed by atoms with van der Waals surface area (Å²) in [5.74, 6) is -3.25. The van der Waals surface area contributed by atoms with Crippen LogP contribution in [0.15, 0.2) is 45.6 Å². The van der Waals surface area contributed by atoms with Crippen LogP contribution in [-0.2, 0) is 23.8 Å². The van der Waals surface area contributed by atoms with Gasteiger partial charge in [-0.2, -0.15) is 0 Å². The van der Waals surface area contributed by atoms with Crippen LogP contribution in [0.4, 0.5) is 0 Å². The van der Waals surface area contributed by atoms with E-state index < -0.39 is 59.6 Å². The summed E-state index contributed by atoms with van der Waals surface area (Å²) in [6, 6.07) is 7.58. The molecule has 0 saturated carbocycles. The normalized spacial score (nSPS) is 23.4. The number of carbonyl (C=O) groups is 2. The van der Waals surface area contributed by atoms with Crippen molar-refractivity contribution in [3.8, 4) is 34.3 Å². The molecule has 12 heteroatoms. The second kappa shape index (κ2) is 9.99. The van der Waals surface area contributed by atoms with Crippen LogP contribution in [0.5, 0.6) is 23.0 Å². The lowest BCUT2D eigenvalue weighted by molar-refractivity contribution is -0.277. The first-order valence-corrected chi connectivity index (χ1v) is 11.1. The number of hydrogen-bond acceptors (Lipinski definition) is 12. The van der Waals surface area contributed by atoms with E-state index in [2.05, 4.69) is 0 Å². The Bertz CT molecular complexity index is 1390. The number of fused-ring (bicyclic) bond motifs is 1. The van der Waals surface area contributed by atoms with Gasteiger partial charge in [0, 0.05) is 31.5 Å². The van der Waals surface area contributed by atoms with Gasteiger partial charge in [-0.1, -0.05) is 0 Å². The first-order chi connectivity index (χ1) is 17.5. The third kappa shape index (κ3) is 5.15. The average molecular weight is 516 g/mol. The number of benzene rings is 2. The maximum atomic E-state index is 13.6. The van der Waals surface area contributed by atoms with Gasteiger partial charge < -0.3 is 43.8 Å². The molecule has 2 heterocycles. The molecule has 37 heavy (non-hydrogen) atoms. The highest BCUT2D eigenvalue weighted by Crippen LogP contribution is 2.38. The van der Waals surface area contributed by atoms with Gasteiger partial charge in [-0.05, 0) is 31.2 Å². The Morgan fingerprint density at radius 3 is 2.16 bits per heavy atom. The predicted octanol–water partition coefficient (Wildman–Crippen LogP) is 1.92. The summed E-state index contributed by atoms with van der Waals surface area (Å²) >= 11 is 0. The largest absolute Gasteiger partial charge is 0.508 e. The molecule has 196 valence electrons. The van der Waals surface area contributed by atoms with Gasteiger partial charge in [-0.15, -0.1) is 0 Å². The van der Waals surface area contributed by atoms with Gasteiger partial charge in [0.25, 0.3) is 0 Å². The molecule has 0 unspecified atom stereocenters. The van der Waals surface area contributed by atoms with Gasteiger partial charge in [0.05, 0.1) is 6.10 Å². The minimum absolute atomic E-state index is 0.0674. The molecule has 4 N–H and O–H groups in total. The molecule has 0 aliphatic carbocycles. The Labute approximate surface area is 209 Å². The van der Waals surface area contributed by atoms with Crippen molar-refractivity contribution >= 4 is 22.9 Å².